The van der Waals surface area contributed by atoms with Crippen molar-refractivity contribution in [2.24, 2.45) is 11.7 Å². The number of rotatable bonds is 5. The third-order valence-electron chi connectivity index (χ3n) is 2.50. The smallest absolute Gasteiger partial charge is 0.0951 e. The van der Waals surface area contributed by atoms with Gasteiger partial charge in [-0.3, -0.25) is 0 Å². The van der Waals surface area contributed by atoms with E-state index >= 15 is 0 Å². The number of imidazole rings is 1. The topological polar surface area (TPSA) is 43.8 Å². The Kier molecular flexibility index (Phi) is 4.14. The van der Waals surface area contributed by atoms with E-state index < -0.39 is 0 Å². The Labute approximate surface area is 86.3 Å². The molecule has 0 amide bonds. The molecule has 0 aliphatic carbocycles. The maximum atomic E-state index is 5.73. The van der Waals surface area contributed by atoms with E-state index in [0.29, 0.717) is 18.5 Å². The van der Waals surface area contributed by atoms with Crippen molar-refractivity contribution >= 4 is 0 Å². The van der Waals surface area contributed by atoms with Gasteiger partial charge in [-0.05, 0) is 18.8 Å². The quantitative estimate of drug-likeness (QED) is 0.781. The van der Waals surface area contributed by atoms with Crippen LogP contribution in [0.3, 0.4) is 0 Å². The molecule has 0 saturated heterocycles. The Hall–Kier alpha value is -0.830. The van der Waals surface area contributed by atoms with Crippen molar-refractivity contribution in [1.82, 2.24) is 9.55 Å². The summed E-state index contributed by atoms with van der Waals surface area (Å²) < 4.78 is 2.22. The van der Waals surface area contributed by atoms with Crippen LogP contribution in [0.4, 0.5) is 0 Å². The Balaban J connectivity index is 2.80. The van der Waals surface area contributed by atoms with E-state index in [-0.39, 0.29) is 0 Å². The maximum absolute atomic E-state index is 5.73. The minimum atomic E-state index is 0.409. The molecule has 1 heterocycles. The van der Waals surface area contributed by atoms with E-state index in [9.17, 15) is 0 Å². The summed E-state index contributed by atoms with van der Waals surface area (Å²) in [6.07, 6.45) is 6.01. The normalized spacial score (nSPS) is 13.5. The van der Waals surface area contributed by atoms with Gasteiger partial charge in [0.15, 0.2) is 0 Å². The van der Waals surface area contributed by atoms with Gasteiger partial charge in [0.1, 0.15) is 0 Å². The first-order chi connectivity index (χ1) is 6.69. The Bertz CT molecular complexity index is 261. The number of nitrogens with two attached hydrogens (primary N) is 1. The molecule has 0 saturated carbocycles. The lowest BCUT2D eigenvalue weighted by Crippen LogP contribution is -2.20. The van der Waals surface area contributed by atoms with Crippen LogP contribution in [0.2, 0.25) is 0 Å². The van der Waals surface area contributed by atoms with Crippen LogP contribution in [0.25, 0.3) is 0 Å². The molecule has 0 spiro atoms. The lowest BCUT2D eigenvalue weighted by molar-refractivity contribution is 0.468. The second-order valence-electron chi connectivity index (χ2n) is 4.19. The Morgan fingerprint density at radius 1 is 1.50 bits per heavy atom. The molecule has 0 radical (unpaired) electrons. The molecule has 2 N–H and O–H groups in total. The van der Waals surface area contributed by atoms with Crippen LogP contribution in [0.15, 0.2) is 12.5 Å². The first-order valence-electron chi connectivity index (χ1n) is 5.39. The first kappa shape index (κ1) is 11.2. The monoisotopic (exact) mass is 195 g/mol. The highest BCUT2D eigenvalue weighted by Gasteiger charge is 2.11. The first-order valence-corrected chi connectivity index (χ1v) is 5.39. The average molecular weight is 195 g/mol. The van der Waals surface area contributed by atoms with Crippen molar-refractivity contribution < 1.29 is 0 Å². The number of nitrogens with zero attached hydrogens (tertiary/aromatic N) is 2. The average Bonchev–Trinajstić information content (AvgIpc) is 2.55. The van der Waals surface area contributed by atoms with E-state index in [0.717, 1.165) is 12.8 Å². The molecule has 0 aliphatic rings. The third kappa shape index (κ3) is 2.58. The van der Waals surface area contributed by atoms with E-state index in [2.05, 4.69) is 30.3 Å². The zero-order chi connectivity index (χ0) is 10.6. The van der Waals surface area contributed by atoms with Crippen LogP contribution in [-0.2, 0) is 6.42 Å². The summed E-state index contributed by atoms with van der Waals surface area (Å²) in [6.45, 7) is 7.30. The minimum Gasteiger partial charge on any atom is -0.330 e. The van der Waals surface area contributed by atoms with E-state index in [1.807, 2.05) is 12.5 Å². The second kappa shape index (κ2) is 5.15. The van der Waals surface area contributed by atoms with Gasteiger partial charge < -0.3 is 10.3 Å². The lowest BCUT2D eigenvalue weighted by Gasteiger charge is -2.18. The molecular formula is C11H21N3. The summed E-state index contributed by atoms with van der Waals surface area (Å²) in [7, 11) is 0. The van der Waals surface area contributed by atoms with Crippen molar-refractivity contribution in [3.05, 3.63) is 18.2 Å². The Morgan fingerprint density at radius 2 is 2.21 bits per heavy atom. The molecule has 14 heavy (non-hydrogen) atoms. The molecular weight excluding hydrogens is 174 g/mol. The highest BCUT2D eigenvalue weighted by molar-refractivity contribution is 5.01. The van der Waals surface area contributed by atoms with Gasteiger partial charge in [-0.15, -0.1) is 0 Å². The summed E-state index contributed by atoms with van der Waals surface area (Å²) in [5, 5.41) is 0. The molecule has 0 aromatic carbocycles. The number of hydrogen-bond donors (Lipinski definition) is 1. The molecule has 1 aromatic heterocycles. The fraction of sp³-hybridized carbons (Fsp3) is 0.727. The highest BCUT2D eigenvalue weighted by Crippen LogP contribution is 2.15. The maximum Gasteiger partial charge on any atom is 0.0951 e. The molecule has 1 unspecified atom stereocenters. The largest absolute Gasteiger partial charge is 0.330 e. The molecule has 3 heteroatoms. The van der Waals surface area contributed by atoms with Crippen molar-refractivity contribution in [3.8, 4) is 0 Å². The predicted octanol–water partition coefficient (Wildman–Crippen LogP) is 1.99. The second-order valence-corrected chi connectivity index (χ2v) is 4.19. The SMILES string of the molecule is CCC(CN)n1cncc1CC(C)C. The molecule has 80 valence electrons. The van der Waals surface area contributed by atoms with Gasteiger partial charge in [-0.2, -0.15) is 0 Å². The van der Waals surface area contributed by atoms with Gasteiger partial charge in [-0.25, -0.2) is 4.98 Å². The lowest BCUT2D eigenvalue weighted by atomic mass is 10.1. The van der Waals surface area contributed by atoms with E-state index in [4.69, 9.17) is 5.73 Å². The summed E-state index contributed by atoms with van der Waals surface area (Å²) in [5.74, 6) is 0.667. The van der Waals surface area contributed by atoms with Gasteiger partial charge in [-0.1, -0.05) is 20.8 Å². The van der Waals surface area contributed by atoms with Crippen LogP contribution in [0.5, 0.6) is 0 Å². The van der Waals surface area contributed by atoms with Crippen molar-refractivity contribution in [3.63, 3.8) is 0 Å². The number of aromatic nitrogens is 2. The van der Waals surface area contributed by atoms with Crippen LogP contribution < -0.4 is 5.73 Å². The minimum absolute atomic E-state index is 0.409. The van der Waals surface area contributed by atoms with Gasteiger partial charge in [0, 0.05) is 24.5 Å². The highest BCUT2D eigenvalue weighted by atomic mass is 15.1. The van der Waals surface area contributed by atoms with Crippen molar-refractivity contribution in [1.29, 1.82) is 0 Å². The van der Waals surface area contributed by atoms with Crippen LogP contribution in [0, 0.1) is 5.92 Å². The van der Waals surface area contributed by atoms with E-state index in [1.54, 1.807) is 0 Å². The fourth-order valence-electron chi connectivity index (χ4n) is 1.71. The Morgan fingerprint density at radius 3 is 2.71 bits per heavy atom. The van der Waals surface area contributed by atoms with Crippen LogP contribution >= 0.6 is 0 Å². The summed E-state index contributed by atoms with van der Waals surface area (Å²) in [5.41, 5.74) is 7.03. The van der Waals surface area contributed by atoms with Gasteiger partial charge in [0.05, 0.1) is 6.33 Å². The van der Waals surface area contributed by atoms with Crippen LogP contribution in [-0.4, -0.2) is 16.1 Å². The molecule has 0 fully saturated rings. The third-order valence-corrected chi connectivity index (χ3v) is 2.50. The van der Waals surface area contributed by atoms with E-state index in [1.165, 1.54) is 5.69 Å². The van der Waals surface area contributed by atoms with Gasteiger partial charge in [0.25, 0.3) is 0 Å². The van der Waals surface area contributed by atoms with Gasteiger partial charge in [0.2, 0.25) is 0 Å². The summed E-state index contributed by atoms with van der Waals surface area (Å²) >= 11 is 0. The molecule has 0 aliphatic heterocycles. The summed E-state index contributed by atoms with van der Waals surface area (Å²) in [6, 6.07) is 0.409. The molecule has 1 aromatic rings. The predicted molar refractivity (Wildman–Crippen MR) is 59.2 cm³/mol. The number of hydrogen-bond acceptors (Lipinski definition) is 2. The standard InChI is InChI=1S/C11H21N3/c1-4-10(6-12)14-8-13-7-11(14)5-9(2)3/h7-10H,4-6,12H2,1-3H3. The fourth-order valence-corrected chi connectivity index (χ4v) is 1.71. The van der Waals surface area contributed by atoms with Crippen LogP contribution in [0.1, 0.15) is 38.9 Å². The molecule has 1 atom stereocenters. The molecule has 1 rings (SSSR count). The molecule has 0 bridgehead atoms. The summed E-state index contributed by atoms with van der Waals surface area (Å²) in [4.78, 5) is 4.20. The van der Waals surface area contributed by atoms with Crippen molar-refractivity contribution in [2.45, 2.75) is 39.7 Å². The molecule has 3 nitrogen and oxygen atoms in total. The zero-order valence-electron chi connectivity index (χ0n) is 9.40. The zero-order valence-corrected chi connectivity index (χ0v) is 9.40. The van der Waals surface area contributed by atoms with Crippen molar-refractivity contribution in [2.75, 3.05) is 6.54 Å². The van der Waals surface area contributed by atoms with Gasteiger partial charge >= 0.3 is 0 Å².